The molecule has 0 aromatic heterocycles. The van der Waals surface area contributed by atoms with E-state index in [1.165, 1.54) is 19.3 Å². The Hall–Kier alpha value is -1.58. The molecule has 4 heteroatoms. The van der Waals surface area contributed by atoms with Crippen molar-refractivity contribution in [3.63, 3.8) is 0 Å². The zero-order valence-electron chi connectivity index (χ0n) is 10.1. The van der Waals surface area contributed by atoms with Crippen molar-refractivity contribution in [3.05, 3.63) is 33.9 Å². The molecule has 2 rings (SSSR count). The molecule has 0 radical (unpaired) electrons. The minimum atomic E-state index is -0.329. The summed E-state index contributed by atoms with van der Waals surface area (Å²) in [5.41, 5.74) is 1.80. The number of nitrogens with zero attached hydrogens (tertiary/aromatic N) is 1. The average Bonchev–Trinajstić information content (AvgIpc) is 3.10. The Balaban J connectivity index is 1.90. The van der Waals surface area contributed by atoms with Crippen LogP contribution < -0.4 is 5.32 Å². The number of benzene rings is 1. The van der Waals surface area contributed by atoms with Crippen molar-refractivity contribution in [3.8, 4) is 0 Å². The molecule has 0 spiro atoms. The topological polar surface area (TPSA) is 55.2 Å². The number of nitro groups is 1. The first-order valence-electron chi connectivity index (χ1n) is 6.16. The predicted octanol–water partition coefficient (Wildman–Crippen LogP) is 3.51. The second kappa shape index (κ2) is 5.17. The SMILES string of the molecule is Cc1c(NCCCC2CC2)cccc1[N+](=O)[O-]. The molecule has 1 saturated carbocycles. The molecule has 0 bridgehead atoms. The van der Waals surface area contributed by atoms with Crippen LogP contribution in [0.2, 0.25) is 0 Å². The van der Waals surface area contributed by atoms with Crippen molar-refractivity contribution < 1.29 is 4.92 Å². The maximum atomic E-state index is 10.8. The van der Waals surface area contributed by atoms with E-state index in [1.807, 2.05) is 6.07 Å². The first-order chi connectivity index (χ1) is 8.18. The van der Waals surface area contributed by atoms with Crippen LogP contribution in [0.3, 0.4) is 0 Å². The highest BCUT2D eigenvalue weighted by Crippen LogP contribution is 2.33. The van der Waals surface area contributed by atoms with E-state index in [9.17, 15) is 10.1 Å². The summed E-state index contributed by atoms with van der Waals surface area (Å²) >= 11 is 0. The molecule has 1 aromatic carbocycles. The molecular formula is C13H18N2O2. The van der Waals surface area contributed by atoms with Gasteiger partial charge in [-0.3, -0.25) is 10.1 Å². The Morgan fingerprint density at radius 3 is 2.88 bits per heavy atom. The molecular weight excluding hydrogens is 216 g/mol. The van der Waals surface area contributed by atoms with E-state index in [-0.39, 0.29) is 10.6 Å². The van der Waals surface area contributed by atoms with Gasteiger partial charge in [0, 0.05) is 23.9 Å². The highest BCUT2D eigenvalue weighted by molar-refractivity contribution is 5.59. The Labute approximate surface area is 101 Å². The molecule has 0 amide bonds. The van der Waals surface area contributed by atoms with Gasteiger partial charge in [0.1, 0.15) is 0 Å². The third-order valence-corrected chi connectivity index (χ3v) is 3.30. The lowest BCUT2D eigenvalue weighted by atomic mass is 10.1. The molecule has 0 unspecified atom stereocenters. The fourth-order valence-electron chi connectivity index (χ4n) is 2.03. The molecule has 0 heterocycles. The van der Waals surface area contributed by atoms with E-state index >= 15 is 0 Å². The van der Waals surface area contributed by atoms with Crippen LogP contribution in [0.15, 0.2) is 18.2 Å². The molecule has 0 atom stereocenters. The second-order valence-corrected chi connectivity index (χ2v) is 4.72. The van der Waals surface area contributed by atoms with Crippen molar-refractivity contribution >= 4 is 11.4 Å². The van der Waals surface area contributed by atoms with Gasteiger partial charge in [0.15, 0.2) is 0 Å². The maximum absolute atomic E-state index is 10.8. The number of hydrogen-bond donors (Lipinski definition) is 1. The molecule has 4 nitrogen and oxygen atoms in total. The average molecular weight is 234 g/mol. The maximum Gasteiger partial charge on any atom is 0.274 e. The molecule has 0 aliphatic heterocycles. The van der Waals surface area contributed by atoms with Crippen LogP contribution in [0, 0.1) is 23.0 Å². The molecule has 0 saturated heterocycles. The summed E-state index contributed by atoms with van der Waals surface area (Å²) in [4.78, 5) is 10.5. The molecule has 1 aromatic rings. The lowest BCUT2D eigenvalue weighted by Crippen LogP contribution is -2.04. The van der Waals surface area contributed by atoms with Gasteiger partial charge in [-0.15, -0.1) is 0 Å². The Kier molecular flexibility index (Phi) is 3.61. The minimum Gasteiger partial charge on any atom is -0.385 e. The number of rotatable bonds is 6. The fraction of sp³-hybridized carbons (Fsp3) is 0.538. The van der Waals surface area contributed by atoms with Crippen LogP contribution in [0.25, 0.3) is 0 Å². The first-order valence-corrected chi connectivity index (χ1v) is 6.16. The van der Waals surface area contributed by atoms with Gasteiger partial charge < -0.3 is 5.32 Å². The Morgan fingerprint density at radius 2 is 2.24 bits per heavy atom. The number of anilines is 1. The second-order valence-electron chi connectivity index (χ2n) is 4.72. The molecule has 1 aliphatic carbocycles. The highest BCUT2D eigenvalue weighted by Gasteiger charge is 2.20. The van der Waals surface area contributed by atoms with Crippen molar-refractivity contribution in [2.75, 3.05) is 11.9 Å². The van der Waals surface area contributed by atoms with Crippen molar-refractivity contribution in [1.82, 2.24) is 0 Å². The van der Waals surface area contributed by atoms with Gasteiger partial charge in [0.25, 0.3) is 5.69 Å². The molecule has 17 heavy (non-hydrogen) atoms. The molecule has 1 N–H and O–H groups in total. The standard InChI is InChI=1S/C13H18N2O2/c1-10-12(5-2-6-13(10)15(16)17)14-9-3-4-11-7-8-11/h2,5-6,11,14H,3-4,7-9H2,1H3. The van der Waals surface area contributed by atoms with E-state index in [0.717, 1.165) is 30.1 Å². The zero-order valence-corrected chi connectivity index (χ0v) is 10.1. The zero-order chi connectivity index (χ0) is 12.3. The summed E-state index contributed by atoms with van der Waals surface area (Å²) in [5, 5.41) is 14.1. The van der Waals surface area contributed by atoms with Crippen molar-refractivity contribution in [2.24, 2.45) is 5.92 Å². The number of nitrogens with one attached hydrogen (secondary N) is 1. The predicted molar refractivity (Wildman–Crippen MR) is 68.3 cm³/mol. The van der Waals surface area contributed by atoms with Crippen LogP contribution in [-0.2, 0) is 0 Å². The van der Waals surface area contributed by atoms with Gasteiger partial charge in [-0.1, -0.05) is 18.9 Å². The fourth-order valence-corrected chi connectivity index (χ4v) is 2.03. The smallest absolute Gasteiger partial charge is 0.274 e. The van der Waals surface area contributed by atoms with Crippen LogP contribution in [0.5, 0.6) is 0 Å². The van der Waals surface area contributed by atoms with Crippen molar-refractivity contribution in [1.29, 1.82) is 0 Å². The van der Waals surface area contributed by atoms with Gasteiger partial charge in [0.05, 0.1) is 4.92 Å². The third kappa shape index (κ3) is 3.19. The Morgan fingerprint density at radius 1 is 1.47 bits per heavy atom. The van der Waals surface area contributed by atoms with E-state index in [1.54, 1.807) is 19.1 Å². The lowest BCUT2D eigenvalue weighted by molar-refractivity contribution is -0.385. The van der Waals surface area contributed by atoms with Crippen LogP contribution in [0.4, 0.5) is 11.4 Å². The summed E-state index contributed by atoms with van der Waals surface area (Å²) < 4.78 is 0. The van der Waals surface area contributed by atoms with Crippen LogP contribution in [-0.4, -0.2) is 11.5 Å². The summed E-state index contributed by atoms with van der Waals surface area (Å²) in [5.74, 6) is 0.947. The third-order valence-electron chi connectivity index (χ3n) is 3.30. The van der Waals surface area contributed by atoms with Gasteiger partial charge in [-0.2, -0.15) is 0 Å². The Bertz CT molecular complexity index is 414. The van der Waals surface area contributed by atoms with E-state index in [4.69, 9.17) is 0 Å². The highest BCUT2D eigenvalue weighted by atomic mass is 16.6. The first kappa shape index (κ1) is 11.9. The van der Waals surface area contributed by atoms with Gasteiger partial charge in [-0.05, 0) is 31.7 Å². The monoisotopic (exact) mass is 234 g/mol. The van der Waals surface area contributed by atoms with E-state index < -0.39 is 0 Å². The van der Waals surface area contributed by atoms with Crippen LogP contribution in [0.1, 0.15) is 31.2 Å². The van der Waals surface area contributed by atoms with Gasteiger partial charge in [0.2, 0.25) is 0 Å². The number of hydrogen-bond acceptors (Lipinski definition) is 3. The summed E-state index contributed by atoms with van der Waals surface area (Å²) in [6.45, 7) is 2.69. The summed E-state index contributed by atoms with van der Waals surface area (Å²) in [6, 6.07) is 5.18. The molecule has 1 aliphatic rings. The van der Waals surface area contributed by atoms with E-state index in [0.29, 0.717) is 0 Å². The molecule has 1 fully saturated rings. The van der Waals surface area contributed by atoms with Gasteiger partial charge in [-0.25, -0.2) is 0 Å². The quantitative estimate of drug-likeness (QED) is 0.465. The largest absolute Gasteiger partial charge is 0.385 e. The lowest BCUT2D eigenvalue weighted by Gasteiger charge is -2.09. The van der Waals surface area contributed by atoms with E-state index in [2.05, 4.69) is 5.32 Å². The van der Waals surface area contributed by atoms with Crippen molar-refractivity contribution in [2.45, 2.75) is 32.6 Å². The molecule has 92 valence electrons. The van der Waals surface area contributed by atoms with Gasteiger partial charge >= 0.3 is 0 Å². The summed E-state index contributed by atoms with van der Waals surface area (Å²) in [7, 11) is 0. The number of nitro benzene ring substituents is 1. The minimum absolute atomic E-state index is 0.192. The normalized spacial score (nSPS) is 14.6. The summed E-state index contributed by atoms with van der Waals surface area (Å²) in [6.07, 6.45) is 5.19. The van der Waals surface area contributed by atoms with Crippen LogP contribution >= 0.6 is 0 Å².